The van der Waals surface area contributed by atoms with Gasteiger partial charge in [-0.2, -0.15) is 26.3 Å². The summed E-state index contributed by atoms with van der Waals surface area (Å²) in [6.45, 7) is 0. The average Bonchev–Trinajstić information content (AvgIpc) is 2.71. The summed E-state index contributed by atoms with van der Waals surface area (Å²) < 4.78 is 79.1. The number of rotatable bonds is 4. The molecule has 0 fully saturated rings. The molecular weight excluding hydrogens is 430 g/mol. The maximum absolute atomic E-state index is 13.5. The highest BCUT2D eigenvalue weighted by molar-refractivity contribution is 5.94. The smallest absolute Gasteiger partial charge is 0.418 e. The maximum atomic E-state index is 13.5. The molecule has 6 nitrogen and oxygen atoms in total. The predicted molar refractivity (Wildman–Crippen MR) is 93.7 cm³/mol. The van der Waals surface area contributed by atoms with Crippen LogP contribution in [0.2, 0.25) is 0 Å². The van der Waals surface area contributed by atoms with Gasteiger partial charge in [0, 0.05) is 18.6 Å². The number of nitrogens with one attached hydrogen (secondary N) is 1. The summed E-state index contributed by atoms with van der Waals surface area (Å²) in [5, 5.41) is 11.4. The number of hydrogen-bond acceptors (Lipinski definition) is 5. The first kappa shape index (κ1) is 22.0. The van der Waals surface area contributed by atoms with Crippen LogP contribution >= 0.6 is 0 Å². The minimum atomic E-state index is -4.83. The highest BCUT2D eigenvalue weighted by atomic mass is 19.4. The normalized spacial score (nSPS) is 13.0. The van der Waals surface area contributed by atoms with Crippen LogP contribution in [0, 0.1) is 0 Å². The van der Waals surface area contributed by atoms with Crippen molar-refractivity contribution in [1.82, 2.24) is 20.3 Å². The van der Waals surface area contributed by atoms with Crippen molar-refractivity contribution in [3.8, 4) is 6.01 Å². The molecule has 162 valence electrons. The van der Waals surface area contributed by atoms with Gasteiger partial charge in [0.1, 0.15) is 0 Å². The first-order chi connectivity index (χ1) is 14.5. The Kier molecular flexibility index (Phi) is 5.82. The van der Waals surface area contributed by atoms with E-state index < -0.39 is 47.1 Å². The summed E-state index contributed by atoms with van der Waals surface area (Å²) in [7, 11) is 0. The van der Waals surface area contributed by atoms with E-state index in [0.29, 0.717) is 12.1 Å². The van der Waals surface area contributed by atoms with Gasteiger partial charge in [-0.15, -0.1) is 0 Å². The van der Waals surface area contributed by atoms with Crippen molar-refractivity contribution in [3.05, 3.63) is 82.9 Å². The standard InChI is InChI=1S/C19H12F6N4O2/c20-18(21,22)12-5-3-10(4-6-12)14(15-13(19(23,24)25)2-1-7-26-15)29-16(30)11-8-27-17(31)28-9-11/h1-9,14H,(H,29,30)(H,27,28,31). The molecule has 0 aliphatic carbocycles. The lowest BCUT2D eigenvalue weighted by Gasteiger charge is -2.22. The third-order valence-corrected chi connectivity index (χ3v) is 4.16. The minimum Gasteiger partial charge on any atom is -0.479 e. The van der Waals surface area contributed by atoms with Crippen molar-refractivity contribution in [2.45, 2.75) is 18.4 Å². The number of alkyl halides is 6. The molecule has 1 aromatic carbocycles. The fourth-order valence-corrected chi connectivity index (χ4v) is 2.71. The van der Waals surface area contributed by atoms with E-state index in [4.69, 9.17) is 5.11 Å². The van der Waals surface area contributed by atoms with Crippen molar-refractivity contribution in [3.63, 3.8) is 0 Å². The summed E-state index contributed by atoms with van der Waals surface area (Å²) >= 11 is 0. The fraction of sp³-hybridized carbons (Fsp3) is 0.158. The molecule has 1 atom stereocenters. The zero-order valence-electron chi connectivity index (χ0n) is 15.2. The number of nitrogens with zero attached hydrogens (tertiary/aromatic N) is 3. The Morgan fingerprint density at radius 1 is 0.903 bits per heavy atom. The van der Waals surface area contributed by atoms with E-state index in [1.807, 2.05) is 0 Å². The number of pyridine rings is 1. The topological polar surface area (TPSA) is 88.0 Å². The predicted octanol–water partition coefficient (Wildman–Crippen LogP) is 4.13. The van der Waals surface area contributed by atoms with E-state index >= 15 is 0 Å². The van der Waals surface area contributed by atoms with Crippen LogP contribution in [0.1, 0.15) is 38.8 Å². The molecule has 31 heavy (non-hydrogen) atoms. The molecule has 2 heterocycles. The Morgan fingerprint density at radius 3 is 2.06 bits per heavy atom. The van der Waals surface area contributed by atoms with Crippen LogP contribution in [-0.2, 0) is 12.4 Å². The molecular formula is C19H12F6N4O2. The molecule has 1 unspecified atom stereocenters. The highest BCUT2D eigenvalue weighted by Crippen LogP contribution is 2.36. The number of amides is 1. The maximum Gasteiger partial charge on any atom is 0.418 e. The number of halogens is 6. The molecule has 2 aromatic heterocycles. The minimum absolute atomic E-state index is 0.0646. The van der Waals surface area contributed by atoms with Gasteiger partial charge in [-0.3, -0.25) is 9.78 Å². The van der Waals surface area contributed by atoms with Crippen molar-refractivity contribution >= 4 is 5.91 Å². The van der Waals surface area contributed by atoms with Crippen LogP contribution < -0.4 is 5.32 Å². The molecule has 1 amide bonds. The van der Waals surface area contributed by atoms with Crippen LogP contribution in [0.4, 0.5) is 26.3 Å². The molecule has 0 spiro atoms. The zero-order valence-corrected chi connectivity index (χ0v) is 15.2. The Labute approximate surface area is 170 Å². The molecule has 0 saturated heterocycles. The van der Waals surface area contributed by atoms with Crippen LogP contribution in [-0.4, -0.2) is 26.0 Å². The molecule has 0 saturated carbocycles. The average molecular weight is 442 g/mol. The van der Waals surface area contributed by atoms with Gasteiger partial charge in [-0.25, -0.2) is 9.97 Å². The van der Waals surface area contributed by atoms with Crippen molar-refractivity contribution in [2.75, 3.05) is 0 Å². The number of benzene rings is 1. The van der Waals surface area contributed by atoms with Gasteiger partial charge in [-0.1, -0.05) is 12.1 Å². The summed E-state index contributed by atoms with van der Waals surface area (Å²) in [5.41, 5.74) is -3.04. The van der Waals surface area contributed by atoms with Crippen molar-refractivity contribution in [1.29, 1.82) is 0 Å². The Hall–Kier alpha value is -3.70. The molecule has 0 aliphatic rings. The number of hydrogen-bond donors (Lipinski definition) is 2. The number of carbonyl (C=O) groups is 1. The number of aromatic nitrogens is 3. The van der Waals surface area contributed by atoms with Crippen LogP contribution in [0.3, 0.4) is 0 Å². The molecule has 2 N–H and O–H groups in total. The van der Waals surface area contributed by atoms with Crippen molar-refractivity contribution < 1.29 is 36.2 Å². The molecule has 0 bridgehead atoms. The largest absolute Gasteiger partial charge is 0.479 e. The van der Waals surface area contributed by atoms with E-state index in [1.54, 1.807) is 0 Å². The van der Waals surface area contributed by atoms with Crippen LogP contribution in [0.25, 0.3) is 0 Å². The molecule has 12 heteroatoms. The molecule has 0 aliphatic heterocycles. The van der Waals surface area contributed by atoms with Gasteiger partial charge in [0.2, 0.25) is 0 Å². The lowest BCUT2D eigenvalue weighted by atomic mass is 9.97. The van der Waals surface area contributed by atoms with Gasteiger partial charge in [0.15, 0.2) is 0 Å². The molecule has 0 radical (unpaired) electrons. The van der Waals surface area contributed by atoms with Gasteiger partial charge >= 0.3 is 18.4 Å². The highest BCUT2D eigenvalue weighted by Gasteiger charge is 2.37. The first-order valence-electron chi connectivity index (χ1n) is 8.48. The Balaban J connectivity index is 2.07. The summed E-state index contributed by atoms with van der Waals surface area (Å²) in [6.07, 6.45) is -6.55. The van der Waals surface area contributed by atoms with E-state index in [1.165, 1.54) is 0 Å². The molecule has 3 aromatic rings. The lowest BCUT2D eigenvalue weighted by Crippen LogP contribution is -2.32. The second-order valence-electron chi connectivity index (χ2n) is 6.23. The molecule has 3 rings (SSSR count). The quantitative estimate of drug-likeness (QED) is 0.594. The fourth-order valence-electron chi connectivity index (χ4n) is 2.71. The first-order valence-corrected chi connectivity index (χ1v) is 8.48. The summed E-state index contributed by atoms with van der Waals surface area (Å²) in [6, 6.07) is 2.91. The SMILES string of the molecule is O=C(NC(c1ccc(C(F)(F)F)cc1)c1ncccc1C(F)(F)F)c1cnc(O)nc1. The van der Waals surface area contributed by atoms with Gasteiger partial charge in [0.05, 0.1) is 28.4 Å². The second-order valence-corrected chi connectivity index (χ2v) is 6.23. The van der Waals surface area contributed by atoms with Crippen LogP contribution in [0.5, 0.6) is 6.01 Å². The third-order valence-electron chi connectivity index (χ3n) is 4.16. The van der Waals surface area contributed by atoms with Crippen molar-refractivity contribution in [2.24, 2.45) is 0 Å². The summed E-state index contributed by atoms with van der Waals surface area (Å²) in [5.74, 6) is -0.927. The zero-order chi connectivity index (χ0) is 22.8. The van der Waals surface area contributed by atoms with E-state index in [-0.39, 0.29) is 11.1 Å². The van der Waals surface area contributed by atoms with Crippen LogP contribution in [0.15, 0.2) is 55.0 Å². The Morgan fingerprint density at radius 2 is 1.52 bits per heavy atom. The third kappa shape index (κ3) is 5.08. The van der Waals surface area contributed by atoms with E-state index in [2.05, 4.69) is 20.3 Å². The van der Waals surface area contributed by atoms with E-state index in [0.717, 1.165) is 42.9 Å². The van der Waals surface area contributed by atoms with Gasteiger partial charge < -0.3 is 10.4 Å². The number of aromatic hydroxyl groups is 1. The summed E-state index contributed by atoms with van der Waals surface area (Å²) in [4.78, 5) is 23.1. The van der Waals surface area contributed by atoms with E-state index in [9.17, 15) is 31.1 Å². The van der Waals surface area contributed by atoms with Gasteiger partial charge in [0.25, 0.3) is 5.91 Å². The monoisotopic (exact) mass is 442 g/mol. The second kappa shape index (κ2) is 8.20. The Bertz CT molecular complexity index is 1070. The number of carbonyl (C=O) groups excluding carboxylic acids is 1. The van der Waals surface area contributed by atoms with Gasteiger partial charge in [-0.05, 0) is 29.8 Å². The lowest BCUT2D eigenvalue weighted by molar-refractivity contribution is -0.139.